The molecule has 2 rings (SSSR count). The fourth-order valence-electron chi connectivity index (χ4n) is 2.68. The van der Waals surface area contributed by atoms with E-state index in [0.29, 0.717) is 12.5 Å². The Morgan fingerprint density at radius 2 is 2.10 bits per heavy atom. The molecule has 108 valence electrons. The molecule has 0 bridgehead atoms. The van der Waals surface area contributed by atoms with Gasteiger partial charge in [-0.15, -0.1) is 0 Å². The summed E-state index contributed by atoms with van der Waals surface area (Å²) in [6.07, 6.45) is 3.02. The van der Waals surface area contributed by atoms with Gasteiger partial charge in [0, 0.05) is 18.2 Å². The SMILES string of the molecule is CCN=C(C)N=CCOC[C@@]1(c2ccccc2)CC1C. The van der Waals surface area contributed by atoms with Crippen LogP contribution in [-0.2, 0) is 10.2 Å². The molecule has 3 nitrogen and oxygen atoms in total. The zero-order valence-electron chi connectivity index (χ0n) is 12.7. The van der Waals surface area contributed by atoms with Gasteiger partial charge >= 0.3 is 0 Å². The monoisotopic (exact) mass is 272 g/mol. The predicted octanol–water partition coefficient (Wildman–Crippen LogP) is 3.49. The maximum absolute atomic E-state index is 5.81. The number of benzene rings is 1. The number of ether oxygens (including phenoxy) is 1. The molecule has 0 amide bonds. The van der Waals surface area contributed by atoms with E-state index in [1.165, 1.54) is 12.0 Å². The van der Waals surface area contributed by atoms with Crippen LogP contribution in [0.5, 0.6) is 0 Å². The Morgan fingerprint density at radius 3 is 2.70 bits per heavy atom. The lowest BCUT2D eigenvalue weighted by atomic mass is 9.94. The van der Waals surface area contributed by atoms with Crippen LogP contribution in [0.4, 0.5) is 0 Å². The molecule has 20 heavy (non-hydrogen) atoms. The first-order valence-corrected chi connectivity index (χ1v) is 7.36. The Bertz CT molecular complexity index is 481. The van der Waals surface area contributed by atoms with E-state index in [4.69, 9.17) is 4.74 Å². The van der Waals surface area contributed by atoms with E-state index < -0.39 is 0 Å². The van der Waals surface area contributed by atoms with Gasteiger partial charge in [0.25, 0.3) is 0 Å². The van der Waals surface area contributed by atoms with Crippen molar-refractivity contribution in [2.24, 2.45) is 15.9 Å². The van der Waals surface area contributed by atoms with Crippen molar-refractivity contribution in [1.29, 1.82) is 0 Å². The lowest BCUT2D eigenvalue weighted by Crippen LogP contribution is -2.18. The molecule has 1 saturated carbocycles. The number of rotatable bonds is 6. The Hall–Kier alpha value is -1.48. The third-order valence-electron chi connectivity index (χ3n) is 4.02. The van der Waals surface area contributed by atoms with Crippen molar-refractivity contribution in [1.82, 2.24) is 0 Å². The van der Waals surface area contributed by atoms with Gasteiger partial charge in [0.15, 0.2) is 0 Å². The van der Waals surface area contributed by atoms with Gasteiger partial charge in [-0.3, -0.25) is 4.99 Å². The molecular formula is C17H24N2O. The molecule has 1 aliphatic rings. The van der Waals surface area contributed by atoms with Gasteiger partial charge in [-0.25, -0.2) is 4.99 Å². The summed E-state index contributed by atoms with van der Waals surface area (Å²) in [5.74, 6) is 1.51. The summed E-state index contributed by atoms with van der Waals surface area (Å²) < 4.78 is 5.81. The molecule has 1 aliphatic carbocycles. The van der Waals surface area contributed by atoms with E-state index in [1.807, 2.05) is 13.8 Å². The fraction of sp³-hybridized carbons (Fsp3) is 0.529. The zero-order valence-corrected chi connectivity index (χ0v) is 12.7. The van der Waals surface area contributed by atoms with Gasteiger partial charge in [0.2, 0.25) is 0 Å². The number of hydrogen-bond acceptors (Lipinski definition) is 2. The van der Waals surface area contributed by atoms with Crippen molar-refractivity contribution in [2.45, 2.75) is 32.6 Å². The van der Waals surface area contributed by atoms with E-state index in [9.17, 15) is 0 Å². The van der Waals surface area contributed by atoms with Crippen LogP contribution in [0.15, 0.2) is 40.3 Å². The molecule has 2 atom stereocenters. The second-order valence-corrected chi connectivity index (χ2v) is 5.48. The van der Waals surface area contributed by atoms with Crippen molar-refractivity contribution in [3.63, 3.8) is 0 Å². The van der Waals surface area contributed by atoms with Crippen molar-refractivity contribution >= 4 is 12.1 Å². The Balaban J connectivity index is 1.83. The predicted molar refractivity (Wildman–Crippen MR) is 84.9 cm³/mol. The smallest absolute Gasteiger partial charge is 0.119 e. The first kappa shape index (κ1) is 14.9. The molecule has 1 aromatic rings. The third-order valence-corrected chi connectivity index (χ3v) is 4.02. The van der Waals surface area contributed by atoms with Crippen molar-refractivity contribution in [3.8, 4) is 0 Å². The molecule has 1 unspecified atom stereocenters. The lowest BCUT2D eigenvalue weighted by molar-refractivity contribution is 0.145. The average molecular weight is 272 g/mol. The van der Waals surface area contributed by atoms with Crippen molar-refractivity contribution in [2.75, 3.05) is 19.8 Å². The molecule has 0 radical (unpaired) electrons. The first-order valence-electron chi connectivity index (χ1n) is 7.36. The first-order chi connectivity index (χ1) is 9.69. The van der Waals surface area contributed by atoms with Crippen molar-refractivity contribution in [3.05, 3.63) is 35.9 Å². The lowest BCUT2D eigenvalue weighted by Gasteiger charge is -2.16. The van der Waals surface area contributed by atoms with E-state index in [2.05, 4.69) is 47.2 Å². The van der Waals surface area contributed by atoms with Crippen LogP contribution >= 0.6 is 0 Å². The zero-order chi connectivity index (χ0) is 14.4. The van der Waals surface area contributed by atoms with Crippen LogP contribution in [0.25, 0.3) is 0 Å². The van der Waals surface area contributed by atoms with Crippen LogP contribution in [0.3, 0.4) is 0 Å². The summed E-state index contributed by atoms with van der Waals surface area (Å²) in [6, 6.07) is 10.7. The van der Waals surface area contributed by atoms with Gasteiger partial charge < -0.3 is 4.74 Å². The number of hydrogen-bond donors (Lipinski definition) is 0. The van der Waals surface area contributed by atoms with Gasteiger partial charge in [-0.2, -0.15) is 0 Å². The van der Waals surface area contributed by atoms with Crippen LogP contribution in [0, 0.1) is 5.92 Å². The molecule has 0 N–H and O–H groups in total. The summed E-state index contributed by atoms with van der Waals surface area (Å²) in [7, 11) is 0. The number of nitrogens with zero attached hydrogens (tertiary/aromatic N) is 2. The van der Waals surface area contributed by atoms with Crippen LogP contribution in [-0.4, -0.2) is 31.8 Å². The molecule has 0 heterocycles. The molecule has 1 aromatic carbocycles. The van der Waals surface area contributed by atoms with E-state index in [0.717, 1.165) is 19.0 Å². The summed E-state index contributed by atoms with van der Waals surface area (Å²) in [4.78, 5) is 8.45. The molecular weight excluding hydrogens is 248 g/mol. The highest BCUT2D eigenvalue weighted by atomic mass is 16.5. The minimum absolute atomic E-state index is 0.224. The van der Waals surface area contributed by atoms with E-state index in [-0.39, 0.29) is 5.41 Å². The number of aliphatic imine (C=N–C) groups is 2. The second-order valence-electron chi connectivity index (χ2n) is 5.48. The topological polar surface area (TPSA) is 34.0 Å². The highest BCUT2D eigenvalue weighted by molar-refractivity contribution is 5.87. The van der Waals surface area contributed by atoms with Gasteiger partial charge in [0.05, 0.1) is 13.2 Å². The quantitative estimate of drug-likeness (QED) is 0.443. The summed E-state index contributed by atoms with van der Waals surface area (Å²) >= 11 is 0. The van der Waals surface area contributed by atoms with Gasteiger partial charge in [0.1, 0.15) is 5.84 Å². The van der Waals surface area contributed by atoms with Crippen LogP contribution in [0.1, 0.15) is 32.8 Å². The highest BCUT2D eigenvalue weighted by Crippen LogP contribution is 2.54. The second kappa shape index (κ2) is 6.80. The largest absolute Gasteiger partial charge is 0.375 e. The van der Waals surface area contributed by atoms with Crippen LogP contribution in [0.2, 0.25) is 0 Å². The third kappa shape index (κ3) is 3.54. The summed E-state index contributed by atoms with van der Waals surface area (Å²) in [6.45, 7) is 8.31. The molecule has 0 saturated heterocycles. The highest BCUT2D eigenvalue weighted by Gasteiger charge is 2.52. The van der Waals surface area contributed by atoms with Crippen LogP contribution < -0.4 is 0 Å². The van der Waals surface area contributed by atoms with Gasteiger partial charge in [-0.05, 0) is 31.7 Å². The van der Waals surface area contributed by atoms with Gasteiger partial charge in [-0.1, -0.05) is 37.3 Å². The fourth-order valence-corrected chi connectivity index (χ4v) is 2.68. The minimum atomic E-state index is 0.224. The molecule has 1 fully saturated rings. The Kier molecular flexibility index (Phi) is 5.07. The summed E-state index contributed by atoms with van der Waals surface area (Å²) in [5, 5.41) is 0. The van der Waals surface area contributed by atoms with Crippen molar-refractivity contribution < 1.29 is 4.74 Å². The van der Waals surface area contributed by atoms with E-state index in [1.54, 1.807) is 6.21 Å². The Morgan fingerprint density at radius 1 is 1.40 bits per heavy atom. The molecule has 0 spiro atoms. The minimum Gasteiger partial charge on any atom is -0.375 e. The molecule has 0 aromatic heterocycles. The normalized spacial score (nSPS) is 26.1. The molecule has 3 heteroatoms. The standard InChI is InChI=1S/C17H24N2O/c1-4-18-15(3)19-10-11-20-13-17(12-14(17)2)16-8-6-5-7-9-16/h5-10,14H,4,11-13H2,1-3H3/t14?,17-/m0/s1. The van der Waals surface area contributed by atoms with E-state index >= 15 is 0 Å². The average Bonchev–Trinajstić information content (AvgIpc) is 3.11. The maximum atomic E-state index is 5.81. The maximum Gasteiger partial charge on any atom is 0.119 e. The number of amidine groups is 1. The molecule has 0 aliphatic heterocycles. The Labute approximate surface area is 121 Å². The summed E-state index contributed by atoms with van der Waals surface area (Å²) in [5.41, 5.74) is 1.62.